The smallest absolute Gasteiger partial charge is 0.191 e. The van der Waals surface area contributed by atoms with Gasteiger partial charge in [0.2, 0.25) is 0 Å². The number of nitrogens with zero attached hydrogens (tertiary/aromatic N) is 4. The summed E-state index contributed by atoms with van der Waals surface area (Å²) in [5.74, 6) is 0.913. The lowest BCUT2D eigenvalue weighted by atomic mass is 10.2. The van der Waals surface area contributed by atoms with Gasteiger partial charge in [0.15, 0.2) is 5.96 Å². The Balaban J connectivity index is 2.36. The molecule has 0 amide bonds. The minimum atomic E-state index is 0.561. The minimum Gasteiger partial charge on any atom is -0.357 e. The van der Waals surface area contributed by atoms with E-state index in [1.165, 1.54) is 5.56 Å². The molecule has 0 saturated heterocycles. The van der Waals surface area contributed by atoms with Crippen molar-refractivity contribution < 1.29 is 0 Å². The van der Waals surface area contributed by atoms with Gasteiger partial charge in [-0.3, -0.25) is 14.6 Å². The molecule has 0 aliphatic carbocycles. The Labute approximate surface area is 147 Å². The third-order valence-electron chi connectivity index (χ3n) is 3.99. The molecule has 0 spiro atoms. The number of hydrogen-bond acceptors (Lipinski definition) is 3. The molecule has 0 atom stereocenters. The molecule has 1 aromatic rings. The van der Waals surface area contributed by atoms with Gasteiger partial charge in [-0.25, -0.2) is 0 Å². The standard InChI is InChI=1S/C18H36N6/c1-7-19-18(21-11-12-24(15(2)3)16(4)5)20-10-8-9-17-13-22-23(6)14-17/h13-16H,7-12H2,1-6H3,(H2,19,20,21). The molecule has 1 rings (SSSR count). The van der Waals surface area contributed by atoms with E-state index in [1.807, 2.05) is 17.9 Å². The Kier molecular flexibility index (Phi) is 9.45. The summed E-state index contributed by atoms with van der Waals surface area (Å²) in [7, 11) is 1.95. The third-order valence-corrected chi connectivity index (χ3v) is 3.99. The minimum absolute atomic E-state index is 0.561. The van der Waals surface area contributed by atoms with E-state index in [1.54, 1.807) is 0 Å². The van der Waals surface area contributed by atoms with Crippen molar-refractivity contribution in [2.75, 3.05) is 26.2 Å². The van der Waals surface area contributed by atoms with Gasteiger partial charge in [0.1, 0.15) is 0 Å². The average Bonchev–Trinajstić information content (AvgIpc) is 2.92. The van der Waals surface area contributed by atoms with E-state index >= 15 is 0 Å². The number of nitrogens with one attached hydrogen (secondary N) is 2. The molecule has 0 aromatic carbocycles. The van der Waals surface area contributed by atoms with E-state index in [9.17, 15) is 0 Å². The SMILES string of the molecule is CCNC(=NCCCc1cnn(C)c1)NCCN(C(C)C)C(C)C. The number of guanidine groups is 1. The first-order valence-electron chi connectivity index (χ1n) is 9.19. The van der Waals surface area contributed by atoms with Crippen LogP contribution < -0.4 is 10.6 Å². The predicted octanol–water partition coefficient (Wildman–Crippen LogP) is 2.03. The second kappa shape index (κ2) is 11.1. The summed E-state index contributed by atoms with van der Waals surface area (Å²) < 4.78 is 1.85. The lowest BCUT2D eigenvalue weighted by Gasteiger charge is -2.30. The Hall–Kier alpha value is -1.56. The highest BCUT2D eigenvalue weighted by Crippen LogP contribution is 2.03. The van der Waals surface area contributed by atoms with Crippen LogP contribution in [0, 0.1) is 0 Å². The Morgan fingerprint density at radius 3 is 2.50 bits per heavy atom. The molecule has 24 heavy (non-hydrogen) atoms. The lowest BCUT2D eigenvalue weighted by Crippen LogP contribution is -2.45. The van der Waals surface area contributed by atoms with Gasteiger partial charge in [0.05, 0.1) is 6.20 Å². The van der Waals surface area contributed by atoms with E-state index in [0.717, 1.165) is 45.0 Å². The number of aryl methyl sites for hydroxylation is 2. The summed E-state index contributed by atoms with van der Waals surface area (Å²) in [6.07, 6.45) is 6.05. The monoisotopic (exact) mass is 336 g/mol. The van der Waals surface area contributed by atoms with Gasteiger partial charge in [0.25, 0.3) is 0 Å². The largest absolute Gasteiger partial charge is 0.357 e. The fourth-order valence-corrected chi connectivity index (χ4v) is 2.83. The molecular formula is C18H36N6. The molecule has 6 heteroatoms. The Morgan fingerprint density at radius 2 is 1.96 bits per heavy atom. The number of aromatic nitrogens is 2. The molecule has 0 unspecified atom stereocenters. The van der Waals surface area contributed by atoms with Gasteiger partial charge >= 0.3 is 0 Å². The highest BCUT2D eigenvalue weighted by Gasteiger charge is 2.12. The molecule has 0 fully saturated rings. The normalized spacial score (nSPS) is 12.5. The van der Waals surface area contributed by atoms with Crippen molar-refractivity contribution in [3.63, 3.8) is 0 Å². The first-order chi connectivity index (χ1) is 11.4. The molecule has 0 aliphatic rings. The molecule has 0 bridgehead atoms. The zero-order valence-electron chi connectivity index (χ0n) is 16.3. The lowest BCUT2D eigenvalue weighted by molar-refractivity contribution is 0.178. The van der Waals surface area contributed by atoms with E-state index in [2.05, 4.69) is 66.4 Å². The van der Waals surface area contributed by atoms with E-state index in [-0.39, 0.29) is 0 Å². The molecular weight excluding hydrogens is 300 g/mol. The highest BCUT2D eigenvalue weighted by atomic mass is 15.2. The van der Waals surface area contributed by atoms with Gasteiger partial charge in [-0.1, -0.05) is 0 Å². The maximum atomic E-state index is 4.67. The fourth-order valence-electron chi connectivity index (χ4n) is 2.83. The van der Waals surface area contributed by atoms with Gasteiger partial charge in [0, 0.05) is 51.5 Å². The summed E-state index contributed by atoms with van der Waals surface area (Å²) in [6, 6.07) is 1.12. The molecule has 6 nitrogen and oxygen atoms in total. The van der Waals surface area contributed by atoms with Crippen LogP contribution in [0.2, 0.25) is 0 Å². The Bertz CT molecular complexity index is 470. The maximum Gasteiger partial charge on any atom is 0.191 e. The van der Waals surface area contributed by atoms with Crippen LogP contribution in [0.1, 0.15) is 46.6 Å². The third kappa shape index (κ3) is 7.81. The molecule has 1 aromatic heterocycles. The van der Waals surface area contributed by atoms with Crippen LogP contribution in [-0.4, -0.2) is 58.9 Å². The van der Waals surface area contributed by atoms with Crippen LogP contribution in [0.4, 0.5) is 0 Å². The van der Waals surface area contributed by atoms with Crippen LogP contribution in [-0.2, 0) is 13.5 Å². The second-order valence-electron chi connectivity index (χ2n) is 6.74. The van der Waals surface area contributed by atoms with Crippen molar-refractivity contribution >= 4 is 5.96 Å². The first-order valence-corrected chi connectivity index (χ1v) is 9.19. The molecule has 2 N–H and O–H groups in total. The summed E-state index contributed by atoms with van der Waals surface area (Å²) in [6.45, 7) is 14.7. The number of hydrogen-bond donors (Lipinski definition) is 2. The van der Waals surface area contributed by atoms with Crippen molar-refractivity contribution in [3.8, 4) is 0 Å². The maximum absolute atomic E-state index is 4.67. The van der Waals surface area contributed by atoms with Gasteiger partial charge in [-0.15, -0.1) is 0 Å². The first kappa shape index (κ1) is 20.5. The van der Waals surface area contributed by atoms with Crippen molar-refractivity contribution in [2.24, 2.45) is 12.0 Å². The van der Waals surface area contributed by atoms with Crippen LogP contribution in [0.3, 0.4) is 0 Å². The van der Waals surface area contributed by atoms with E-state index < -0.39 is 0 Å². The van der Waals surface area contributed by atoms with Crippen LogP contribution in [0.5, 0.6) is 0 Å². The topological polar surface area (TPSA) is 57.5 Å². The predicted molar refractivity (Wildman–Crippen MR) is 102 cm³/mol. The average molecular weight is 337 g/mol. The number of rotatable bonds is 10. The van der Waals surface area contributed by atoms with E-state index in [0.29, 0.717) is 12.1 Å². The van der Waals surface area contributed by atoms with Crippen molar-refractivity contribution in [1.29, 1.82) is 0 Å². The van der Waals surface area contributed by atoms with Gasteiger partial charge in [-0.2, -0.15) is 5.10 Å². The molecule has 0 aliphatic heterocycles. The van der Waals surface area contributed by atoms with Gasteiger partial charge in [-0.05, 0) is 53.0 Å². The summed E-state index contributed by atoms with van der Waals surface area (Å²) in [5.41, 5.74) is 1.27. The quantitative estimate of drug-likeness (QED) is 0.390. The Morgan fingerprint density at radius 1 is 1.25 bits per heavy atom. The zero-order chi connectivity index (χ0) is 17.9. The molecule has 0 saturated carbocycles. The zero-order valence-corrected chi connectivity index (χ0v) is 16.3. The summed E-state index contributed by atoms with van der Waals surface area (Å²) >= 11 is 0. The molecule has 0 radical (unpaired) electrons. The summed E-state index contributed by atoms with van der Waals surface area (Å²) in [4.78, 5) is 7.16. The summed E-state index contributed by atoms with van der Waals surface area (Å²) in [5, 5.41) is 11.0. The fraction of sp³-hybridized carbons (Fsp3) is 0.778. The molecule has 138 valence electrons. The second-order valence-corrected chi connectivity index (χ2v) is 6.74. The molecule has 1 heterocycles. The van der Waals surface area contributed by atoms with Crippen LogP contribution >= 0.6 is 0 Å². The van der Waals surface area contributed by atoms with Crippen LogP contribution in [0.25, 0.3) is 0 Å². The van der Waals surface area contributed by atoms with Gasteiger partial charge < -0.3 is 10.6 Å². The number of aliphatic imine (C=N–C) groups is 1. The van der Waals surface area contributed by atoms with Crippen molar-refractivity contribution in [2.45, 2.75) is 59.5 Å². The van der Waals surface area contributed by atoms with Crippen LogP contribution in [0.15, 0.2) is 17.4 Å². The highest BCUT2D eigenvalue weighted by molar-refractivity contribution is 5.79. The van der Waals surface area contributed by atoms with Crippen molar-refractivity contribution in [1.82, 2.24) is 25.3 Å². The van der Waals surface area contributed by atoms with Crippen molar-refractivity contribution in [3.05, 3.63) is 18.0 Å². The van der Waals surface area contributed by atoms with E-state index in [4.69, 9.17) is 0 Å².